The Morgan fingerprint density at radius 1 is 0.625 bits per heavy atom. The van der Waals surface area contributed by atoms with E-state index in [1.807, 2.05) is 127 Å². The first-order chi connectivity index (χ1) is 18.8. The normalized spacial score (nSPS) is 10.1. The molecule has 0 amide bonds. The van der Waals surface area contributed by atoms with Crippen LogP contribution in [0.5, 0.6) is 0 Å². The molecule has 3 aromatic carbocycles. The number of imidazole rings is 2. The van der Waals surface area contributed by atoms with E-state index >= 15 is 0 Å². The fourth-order valence-corrected chi connectivity index (χ4v) is 3.98. The van der Waals surface area contributed by atoms with Crippen LogP contribution in [-0.4, -0.2) is 28.9 Å². The van der Waals surface area contributed by atoms with Gasteiger partial charge in [-0.05, 0) is 50.8 Å². The number of nitrogens with zero attached hydrogens (tertiary/aromatic N) is 6. The summed E-state index contributed by atoms with van der Waals surface area (Å²) in [5.74, 6) is 0. The van der Waals surface area contributed by atoms with E-state index in [0.717, 1.165) is 39.6 Å². The standard InChI is InChI=1S/3C11H11N2.Ir/c2*1-9-11(12-8-13(9)2)10-6-4-3-5-7-10;1-9-8-10(2)13(12-9)11-6-4-3-5-7-11;/h3*3-6,8H,1-2H3;/q3*-1;+3. The average molecular weight is 706 g/mol. The summed E-state index contributed by atoms with van der Waals surface area (Å²) in [6, 6.07) is 35.1. The summed E-state index contributed by atoms with van der Waals surface area (Å²) in [7, 11) is 3.99. The van der Waals surface area contributed by atoms with Gasteiger partial charge in [-0.1, -0.05) is 0 Å². The topological polar surface area (TPSA) is 53.5 Å². The van der Waals surface area contributed by atoms with Crippen LogP contribution >= 0.6 is 0 Å². The number of hydrogen-bond donors (Lipinski definition) is 0. The van der Waals surface area contributed by atoms with Gasteiger partial charge in [0.2, 0.25) is 0 Å². The monoisotopic (exact) mass is 706 g/mol. The molecule has 0 saturated carbocycles. The zero-order valence-electron chi connectivity index (χ0n) is 23.7. The first-order valence-corrected chi connectivity index (χ1v) is 12.8. The van der Waals surface area contributed by atoms with E-state index in [-0.39, 0.29) is 20.1 Å². The maximum atomic E-state index is 4.37. The molecule has 0 unspecified atom stereocenters. The number of aromatic nitrogens is 6. The van der Waals surface area contributed by atoms with Gasteiger partial charge < -0.3 is 9.13 Å². The summed E-state index contributed by atoms with van der Waals surface area (Å²) in [5, 5.41) is 4.37. The summed E-state index contributed by atoms with van der Waals surface area (Å²) in [6.45, 7) is 8.15. The summed E-state index contributed by atoms with van der Waals surface area (Å²) < 4.78 is 5.92. The minimum Gasteiger partial charge on any atom is -0.347 e. The fraction of sp³-hybridized carbons (Fsp3) is 0.182. The number of benzene rings is 3. The molecule has 0 saturated heterocycles. The van der Waals surface area contributed by atoms with Crippen molar-refractivity contribution in [3.05, 3.63) is 132 Å². The smallest absolute Gasteiger partial charge is 0.347 e. The maximum absolute atomic E-state index is 4.37. The number of rotatable bonds is 3. The molecule has 7 heteroatoms. The van der Waals surface area contributed by atoms with Crippen LogP contribution in [0.1, 0.15) is 22.8 Å². The first kappa shape index (κ1) is 30.5. The molecule has 0 bridgehead atoms. The second-order valence-electron chi connectivity index (χ2n) is 9.22. The Morgan fingerprint density at radius 2 is 1.10 bits per heavy atom. The number of aryl methyl sites for hydroxylation is 4. The molecule has 3 heterocycles. The number of hydrogen-bond acceptors (Lipinski definition) is 3. The largest absolute Gasteiger partial charge is 3.00 e. The molecule has 0 N–H and O–H groups in total. The van der Waals surface area contributed by atoms with Crippen LogP contribution in [0.2, 0.25) is 0 Å². The average Bonchev–Trinajstić information content (AvgIpc) is 3.61. The van der Waals surface area contributed by atoms with Gasteiger partial charge in [0.25, 0.3) is 0 Å². The van der Waals surface area contributed by atoms with Crippen LogP contribution in [0.4, 0.5) is 0 Å². The van der Waals surface area contributed by atoms with Crippen molar-refractivity contribution >= 4 is 0 Å². The van der Waals surface area contributed by atoms with Crippen molar-refractivity contribution in [3.8, 4) is 28.2 Å². The van der Waals surface area contributed by atoms with Gasteiger partial charge in [0.15, 0.2) is 0 Å². The second kappa shape index (κ2) is 14.4. The van der Waals surface area contributed by atoms with Crippen molar-refractivity contribution < 1.29 is 20.1 Å². The van der Waals surface area contributed by atoms with Crippen LogP contribution in [0.3, 0.4) is 0 Å². The molecule has 6 rings (SSSR count). The zero-order valence-corrected chi connectivity index (χ0v) is 26.1. The minimum absolute atomic E-state index is 0. The summed E-state index contributed by atoms with van der Waals surface area (Å²) in [4.78, 5) is 8.63. The van der Waals surface area contributed by atoms with E-state index in [4.69, 9.17) is 0 Å². The Kier molecular flexibility index (Phi) is 10.9. The summed E-state index contributed by atoms with van der Waals surface area (Å²) in [6.07, 6.45) is 3.65. The Labute approximate surface area is 250 Å². The van der Waals surface area contributed by atoms with Gasteiger partial charge in [-0.25, -0.2) is 0 Å². The molecule has 0 aliphatic rings. The van der Waals surface area contributed by atoms with Gasteiger partial charge in [0.05, 0.1) is 18.3 Å². The Hall–Kier alpha value is -4.06. The van der Waals surface area contributed by atoms with Crippen molar-refractivity contribution in [1.29, 1.82) is 0 Å². The van der Waals surface area contributed by atoms with Crippen molar-refractivity contribution in [2.75, 3.05) is 0 Å². The molecular weight excluding hydrogens is 673 g/mol. The van der Waals surface area contributed by atoms with E-state index in [1.54, 1.807) is 0 Å². The Balaban J connectivity index is 0.000000163. The first-order valence-electron chi connectivity index (χ1n) is 12.8. The van der Waals surface area contributed by atoms with Gasteiger partial charge in [0, 0.05) is 31.2 Å². The van der Waals surface area contributed by atoms with Gasteiger partial charge in [-0.3, -0.25) is 14.6 Å². The fourth-order valence-electron chi connectivity index (χ4n) is 3.98. The summed E-state index contributed by atoms with van der Waals surface area (Å²) in [5.41, 5.74) is 9.65. The molecule has 0 radical (unpaired) electrons. The Bertz CT molecular complexity index is 1470. The van der Waals surface area contributed by atoms with Gasteiger partial charge in [0.1, 0.15) is 0 Å². The molecule has 0 aliphatic carbocycles. The van der Waals surface area contributed by atoms with E-state index < -0.39 is 0 Å². The predicted octanol–water partition coefficient (Wildman–Crippen LogP) is 6.68. The molecule has 0 aliphatic heterocycles. The minimum atomic E-state index is 0. The van der Waals surface area contributed by atoms with Crippen molar-refractivity contribution in [1.82, 2.24) is 28.9 Å². The SMILES string of the molecule is Cc1c(-c2[c-]cccc2)ncn1C.Cc1c(-c2[c-]cccc2)ncn1C.Cc1cc(C)n(-c2[c-]cccc2)n1.[Ir+3]. The molecule has 40 heavy (non-hydrogen) atoms. The predicted molar refractivity (Wildman–Crippen MR) is 156 cm³/mol. The van der Waals surface area contributed by atoms with E-state index in [1.165, 1.54) is 11.4 Å². The van der Waals surface area contributed by atoms with Crippen molar-refractivity contribution in [3.63, 3.8) is 0 Å². The van der Waals surface area contributed by atoms with Crippen LogP contribution in [-0.2, 0) is 34.2 Å². The van der Waals surface area contributed by atoms with Crippen LogP contribution in [0.25, 0.3) is 28.2 Å². The van der Waals surface area contributed by atoms with Crippen LogP contribution in [0.15, 0.2) is 91.5 Å². The third-order valence-corrected chi connectivity index (χ3v) is 6.32. The van der Waals surface area contributed by atoms with Crippen LogP contribution < -0.4 is 0 Å². The molecule has 3 aromatic heterocycles. The molecule has 0 spiro atoms. The Morgan fingerprint density at radius 3 is 1.43 bits per heavy atom. The van der Waals surface area contributed by atoms with Crippen molar-refractivity contribution in [2.24, 2.45) is 14.1 Å². The molecule has 204 valence electrons. The number of para-hydroxylation sites is 1. The van der Waals surface area contributed by atoms with E-state index in [0.29, 0.717) is 0 Å². The summed E-state index contributed by atoms with van der Waals surface area (Å²) >= 11 is 0. The van der Waals surface area contributed by atoms with Gasteiger partial charge >= 0.3 is 20.1 Å². The molecule has 0 atom stereocenters. The molecule has 6 nitrogen and oxygen atoms in total. The third-order valence-electron chi connectivity index (χ3n) is 6.32. The molecule has 0 fully saturated rings. The molecule has 6 aromatic rings. The van der Waals surface area contributed by atoms with E-state index in [9.17, 15) is 0 Å². The zero-order chi connectivity index (χ0) is 27.8. The van der Waals surface area contributed by atoms with Crippen molar-refractivity contribution in [2.45, 2.75) is 27.7 Å². The van der Waals surface area contributed by atoms with Crippen LogP contribution in [0, 0.1) is 45.9 Å². The molecular formula is C33H33IrN6. The maximum Gasteiger partial charge on any atom is 3.00 e. The second-order valence-corrected chi connectivity index (χ2v) is 9.22. The van der Waals surface area contributed by atoms with Gasteiger partial charge in [-0.2, -0.15) is 29.4 Å². The van der Waals surface area contributed by atoms with Gasteiger partial charge in [-0.15, -0.1) is 77.9 Å². The van der Waals surface area contributed by atoms with E-state index in [2.05, 4.69) is 53.2 Å². The third kappa shape index (κ3) is 7.53. The quantitative estimate of drug-likeness (QED) is 0.193.